The van der Waals surface area contributed by atoms with E-state index in [-0.39, 0.29) is 23.8 Å². The van der Waals surface area contributed by atoms with E-state index in [0.29, 0.717) is 11.7 Å². The Kier molecular flexibility index (Phi) is 8.76. The van der Waals surface area contributed by atoms with E-state index in [2.05, 4.69) is 19.2 Å². The second-order valence-corrected chi connectivity index (χ2v) is 6.17. The third-order valence-electron chi connectivity index (χ3n) is 2.34. The van der Waals surface area contributed by atoms with Gasteiger partial charge in [-0.1, -0.05) is 20.8 Å². The molecule has 0 rings (SSSR count). The lowest BCUT2D eigenvalue weighted by Crippen LogP contribution is -2.34. The van der Waals surface area contributed by atoms with Crippen molar-refractivity contribution in [2.45, 2.75) is 51.8 Å². The third kappa shape index (κ3) is 9.04. The second-order valence-electron chi connectivity index (χ2n) is 4.74. The van der Waals surface area contributed by atoms with Crippen LogP contribution in [-0.4, -0.2) is 34.7 Å². The summed E-state index contributed by atoms with van der Waals surface area (Å²) in [5.74, 6) is 1.19. The molecule has 2 unspecified atom stereocenters. The van der Waals surface area contributed by atoms with E-state index >= 15 is 0 Å². The van der Waals surface area contributed by atoms with Crippen LogP contribution in [0.25, 0.3) is 0 Å². The zero-order valence-corrected chi connectivity index (χ0v) is 11.6. The van der Waals surface area contributed by atoms with Gasteiger partial charge in [0.2, 0.25) is 5.91 Å². The molecule has 16 heavy (non-hydrogen) atoms. The first-order valence-electron chi connectivity index (χ1n) is 5.97. The fourth-order valence-corrected chi connectivity index (χ4v) is 1.87. The number of hydrogen-bond donors (Lipinski definition) is 2. The number of nitrogens with one attached hydrogen (secondary N) is 1. The predicted molar refractivity (Wildman–Crippen MR) is 70.7 cm³/mol. The molecular weight excluding hydrogens is 222 g/mol. The number of carbonyl (C=O) groups is 1. The predicted octanol–water partition coefficient (Wildman–Crippen LogP) is 2.04. The van der Waals surface area contributed by atoms with Gasteiger partial charge < -0.3 is 10.4 Å². The summed E-state index contributed by atoms with van der Waals surface area (Å²) in [6, 6.07) is 0.250. The molecule has 0 aromatic rings. The summed E-state index contributed by atoms with van der Waals surface area (Å²) in [6.07, 6.45) is 2.17. The van der Waals surface area contributed by atoms with Crippen molar-refractivity contribution >= 4 is 17.7 Å². The summed E-state index contributed by atoms with van der Waals surface area (Å²) in [5.41, 5.74) is 0. The summed E-state index contributed by atoms with van der Waals surface area (Å²) < 4.78 is 0. The van der Waals surface area contributed by atoms with E-state index in [0.717, 1.165) is 12.8 Å². The summed E-state index contributed by atoms with van der Waals surface area (Å²) in [5, 5.41) is 11.9. The maximum absolute atomic E-state index is 11.5. The van der Waals surface area contributed by atoms with Crippen LogP contribution in [0.5, 0.6) is 0 Å². The first-order chi connectivity index (χ1) is 7.45. The fraction of sp³-hybridized carbons (Fsp3) is 0.917. The molecule has 0 fully saturated rings. The molecule has 0 saturated heterocycles. The van der Waals surface area contributed by atoms with Gasteiger partial charge in [-0.3, -0.25) is 4.79 Å². The first-order valence-corrected chi connectivity index (χ1v) is 7.02. The zero-order chi connectivity index (χ0) is 12.6. The van der Waals surface area contributed by atoms with Crippen LogP contribution in [0.4, 0.5) is 0 Å². The summed E-state index contributed by atoms with van der Waals surface area (Å²) in [6.45, 7) is 8.46. The van der Waals surface area contributed by atoms with E-state index in [1.165, 1.54) is 11.8 Å². The molecule has 2 N–H and O–H groups in total. The lowest BCUT2D eigenvalue weighted by Gasteiger charge is -2.15. The summed E-state index contributed by atoms with van der Waals surface area (Å²) in [7, 11) is 0. The lowest BCUT2D eigenvalue weighted by atomic mass is 10.0. The Bertz CT molecular complexity index is 197. The standard InChI is InChI=1S/C12H25NO2S/c1-9(2)5-6-10(3)13-12(15)8-16-11(4)7-14/h9-11,14H,5-8H2,1-4H3,(H,13,15). The Balaban J connectivity index is 3.62. The van der Waals surface area contributed by atoms with Gasteiger partial charge in [0.1, 0.15) is 0 Å². The van der Waals surface area contributed by atoms with Crippen LogP contribution in [0, 0.1) is 5.92 Å². The first kappa shape index (κ1) is 15.8. The highest BCUT2D eigenvalue weighted by atomic mass is 32.2. The van der Waals surface area contributed by atoms with Crippen LogP contribution in [-0.2, 0) is 4.79 Å². The molecule has 0 aliphatic rings. The van der Waals surface area contributed by atoms with E-state index in [9.17, 15) is 4.79 Å². The van der Waals surface area contributed by atoms with Gasteiger partial charge in [0.25, 0.3) is 0 Å². The topological polar surface area (TPSA) is 49.3 Å². The molecule has 0 radical (unpaired) electrons. The molecule has 96 valence electrons. The van der Waals surface area contributed by atoms with Gasteiger partial charge in [-0.2, -0.15) is 0 Å². The Morgan fingerprint density at radius 2 is 1.88 bits per heavy atom. The van der Waals surface area contributed by atoms with Crippen molar-refractivity contribution in [2.24, 2.45) is 5.92 Å². The lowest BCUT2D eigenvalue weighted by molar-refractivity contribution is -0.119. The van der Waals surface area contributed by atoms with Gasteiger partial charge in [0.05, 0.1) is 12.4 Å². The number of hydrogen-bond acceptors (Lipinski definition) is 3. The number of rotatable bonds is 8. The monoisotopic (exact) mass is 247 g/mol. The maximum Gasteiger partial charge on any atom is 0.230 e. The van der Waals surface area contributed by atoms with Crippen LogP contribution in [0.3, 0.4) is 0 Å². The van der Waals surface area contributed by atoms with Crippen molar-refractivity contribution in [3.8, 4) is 0 Å². The van der Waals surface area contributed by atoms with Crippen LogP contribution in [0.2, 0.25) is 0 Å². The van der Waals surface area contributed by atoms with Crippen LogP contribution in [0.15, 0.2) is 0 Å². The largest absolute Gasteiger partial charge is 0.395 e. The molecule has 0 aliphatic heterocycles. The molecule has 3 nitrogen and oxygen atoms in total. The van der Waals surface area contributed by atoms with Crippen molar-refractivity contribution in [3.05, 3.63) is 0 Å². The SMILES string of the molecule is CC(C)CCC(C)NC(=O)CSC(C)CO. The fourth-order valence-electron chi connectivity index (χ4n) is 1.24. The van der Waals surface area contributed by atoms with Gasteiger partial charge in [-0.05, 0) is 25.7 Å². The normalized spacial score (nSPS) is 14.9. The number of carbonyl (C=O) groups excluding carboxylic acids is 1. The molecule has 0 heterocycles. The second kappa shape index (κ2) is 8.88. The van der Waals surface area contributed by atoms with E-state index in [1.54, 1.807) is 0 Å². The molecule has 0 spiro atoms. The van der Waals surface area contributed by atoms with E-state index in [1.807, 2.05) is 13.8 Å². The highest BCUT2D eigenvalue weighted by molar-refractivity contribution is 8.00. The molecule has 0 aliphatic carbocycles. The van der Waals surface area contributed by atoms with Crippen molar-refractivity contribution in [1.82, 2.24) is 5.32 Å². The molecule has 0 aromatic carbocycles. The minimum absolute atomic E-state index is 0.0709. The molecule has 0 aromatic heterocycles. The molecule has 4 heteroatoms. The minimum Gasteiger partial charge on any atom is -0.395 e. The Morgan fingerprint density at radius 3 is 2.38 bits per heavy atom. The summed E-state index contributed by atoms with van der Waals surface area (Å²) >= 11 is 1.49. The Labute approximate surface area is 103 Å². The van der Waals surface area contributed by atoms with Crippen LogP contribution in [0.1, 0.15) is 40.5 Å². The van der Waals surface area contributed by atoms with Crippen molar-refractivity contribution in [2.75, 3.05) is 12.4 Å². The van der Waals surface area contributed by atoms with Crippen LogP contribution < -0.4 is 5.32 Å². The zero-order valence-electron chi connectivity index (χ0n) is 10.8. The van der Waals surface area contributed by atoms with Gasteiger partial charge in [0.15, 0.2) is 0 Å². The molecule has 0 saturated carbocycles. The Hall–Kier alpha value is -0.220. The number of aliphatic hydroxyl groups excluding tert-OH is 1. The average molecular weight is 247 g/mol. The molecule has 0 bridgehead atoms. The third-order valence-corrected chi connectivity index (χ3v) is 3.49. The van der Waals surface area contributed by atoms with Crippen molar-refractivity contribution < 1.29 is 9.90 Å². The van der Waals surface area contributed by atoms with Crippen molar-refractivity contribution in [1.29, 1.82) is 0 Å². The molecular formula is C12H25NO2S. The Morgan fingerprint density at radius 1 is 1.25 bits per heavy atom. The van der Waals surface area contributed by atoms with Gasteiger partial charge in [-0.15, -0.1) is 11.8 Å². The average Bonchev–Trinajstić information content (AvgIpc) is 2.23. The number of thioether (sulfide) groups is 1. The van der Waals surface area contributed by atoms with Gasteiger partial charge in [0, 0.05) is 11.3 Å². The highest BCUT2D eigenvalue weighted by Crippen LogP contribution is 2.10. The quantitative estimate of drug-likeness (QED) is 0.690. The van der Waals surface area contributed by atoms with Crippen molar-refractivity contribution in [3.63, 3.8) is 0 Å². The maximum atomic E-state index is 11.5. The molecule has 2 atom stereocenters. The van der Waals surface area contributed by atoms with Crippen LogP contribution >= 0.6 is 11.8 Å². The number of aliphatic hydroxyl groups is 1. The smallest absolute Gasteiger partial charge is 0.230 e. The summed E-state index contributed by atoms with van der Waals surface area (Å²) in [4.78, 5) is 11.5. The highest BCUT2D eigenvalue weighted by Gasteiger charge is 2.09. The number of amides is 1. The van der Waals surface area contributed by atoms with Gasteiger partial charge >= 0.3 is 0 Å². The van der Waals surface area contributed by atoms with E-state index in [4.69, 9.17) is 5.11 Å². The minimum atomic E-state index is 0.0709. The van der Waals surface area contributed by atoms with E-state index < -0.39 is 0 Å². The molecule has 1 amide bonds. The van der Waals surface area contributed by atoms with Gasteiger partial charge in [-0.25, -0.2) is 0 Å².